The Balaban J connectivity index is 1.63. The molecule has 8 heteroatoms. The predicted octanol–water partition coefficient (Wildman–Crippen LogP) is -0.172. The van der Waals surface area contributed by atoms with Crippen molar-refractivity contribution in [3.8, 4) is 0 Å². The first-order valence-electron chi connectivity index (χ1n) is 8.10. The number of carbonyl (C=O) groups excluding carboxylic acids is 2. The van der Waals surface area contributed by atoms with Crippen LogP contribution < -0.4 is 5.73 Å². The summed E-state index contributed by atoms with van der Waals surface area (Å²) in [5, 5.41) is 16.7. The second kappa shape index (κ2) is 7.45. The summed E-state index contributed by atoms with van der Waals surface area (Å²) in [4.78, 5) is 27.3. The smallest absolute Gasteiger partial charge is 0.257 e. The number of rotatable bonds is 4. The minimum absolute atomic E-state index is 0.138. The molecule has 1 aliphatic heterocycles. The largest absolute Gasteiger partial charge is 0.390 e. The summed E-state index contributed by atoms with van der Waals surface area (Å²) in [5.41, 5.74) is 7.22. The number of carbonyl (C=O) groups is 2. The van der Waals surface area contributed by atoms with Crippen LogP contribution in [0.15, 0.2) is 36.7 Å². The third kappa shape index (κ3) is 4.23. The molecule has 1 aliphatic rings. The molecule has 2 amide bonds. The maximum atomic E-state index is 12.4. The van der Waals surface area contributed by atoms with E-state index >= 15 is 0 Å². The van der Waals surface area contributed by atoms with Crippen molar-refractivity contribution in [2.75, 3.05) is 26.2 Å². The molecule has 0 saturated carbocycles. The van der Waals surface area contributed by atoms with E-state index in [-0.39, 0.29) is 5.91 Å². The first-order valence-corrected chi connectivity index (χ1v) is 8.10. The fourth-order valence-corrected chi connectivity index (χ4v) is 2.97. The monoisotopic (exact) mass is 343 g/mol. The van der Waals surface area contributed by atoms with E-state index in [4.69, 9.17) is 5.73 Å². The number of nitrogens with one attached hydrogen (secondary N) is 1. The van der Waals surface area contributed by atoms with Gasteiger partial charge in [-0.25, -0.2) is 0 Å². The Kier molecular flexibility index (Phi) is 5.11. The summed E-state index contributed by atoms with van der Waals surface area (Å²) in [6.07, 6.45) is 2.42. The summed E-state index contributed by atoms with van der Waals surface area (Å²) in [7, 11) is 0. The van der Waals surface area contributed by atoms with Gasteiger partial charge in [-0.1, -0.05) is 12.1 Å². The van der Waals surface area contributed by atoms with Crippen LogP contribution in [-0.4, -0.2) is 69.2 Å². The maximum Gasteiger partial charge on any atom is 0.257 e. The molecule has 8 nitrogen and oxygen atoms in total. The van der Waals surface area contributed by atoms with E-state index in [0.717, 1.165) is 5.56 Å². The summed E-state index contributed by atoms with van der Waals surface area (Å²) in [6, 6.07) is 7.10. The van der Waals surface area contributed by atoms with E-state index in [1.807, 2.05) is 12.1 Å². The van der Waals surface area contributed by atoms with E-state index < -0.39 is 12.0 Å². The van der Waals surface area contributed by atoms with Gasteiger partial charge < -0.3 is 15.7 Å². The van der Waals surface area contributed by atoms with Crippen LogP contribution in [0.25, 0.3) is 0 Å². The van der Waals surface area contributed by atoms with Gasteiger partial charge in [0.2, 0.25) is 5.91 Å². The van der Waals surface area contributed by atoms with Crippen LogP contribution in [0.5, 0.6) is 0 Å². The summed E-state index contributed by atoms with van der Waals surface area (Å²) >= 11 is 0. The fraction of sp³-hybridized carbons (Fsp3) is 0.353. The molecule has 4 N–H and O–H groups in total. The van der Waals surface area contributed by atoms with Gasteiger partial charge >= 0.3 is 0 Å². The topological polar surface area (TPSA) is 116 Å². The first-order chi connectivity index (χ1) is 12.0. The molecule has 0 unspecified atom stereocenters. The Bertz CT molecular complexity index is 729. The molecule has 1 saturated heterocycles. The highest BCUT2D eigenvalue weighted by atomic mass is 16.3. The lowest BCUT2D eigenvalue weighted by atomic mass is 10.1. The molecule has 3 rings (SSSR count). The number of hydrogen-bond donors (Lipinski definition) is 3. The predicted molar refractivity (Wildman–Crippen MR) is 90.7 cm³/mol. The number of hydrogen-bond acceptors (Lipinski definition) is 5. The number of nitrogens with two attached hydrogens (primary N) is 1. The molecule has 1 fully saturated rings. The molecule has 0 spiro atoms. The van der Waals surface area contributed by atoms with Crippen molar-refractivity contribution in [1.29, 1.82) is 0 Å². The molecule has 2 heterocycles. The van der Waals surface area contributed by atoms with Crippen LogP contribution >= 0.6 is 0 Å². The fourth-order valence-electron chi connectivity index (χ4n) is 2.97. The van der Waals surface area contributed by atoms with Gasteiger partial charge in [-0.15, -0.1) is 0 Å². The number of aromatic amines is 1. The van der Waals surface area contributed by atoms with Gasteiger partial charge in [-0.05, 0) is 17.7 Å². The highest BCUT2D eigenvalue weighted by Gasteiger charge is 2.25. The zero-order valence-corrected chi connectivity index (χ0v) is 13.8. The zero-order valence-electron chi connectivity index (χ0n) is 13.8. The quantitative estimate of drug-likeness (QED) is 0.713. The van der Waals surface area contributed by atoms with E-state index in [1.165, 1.54) is 6.20 Å². The average Bonchev–Trinajstić information content (AvgIpc) is 3.06. The molecular formula is C17H21N5O3. The van der Waals surface area contributed by atoms with Crippen LogP contribution in [0.2, 0.25) is 0 Å². The van der Waals surface area contributed by atoms with Crippen molar-refractivity contribution >= 4 is 11.8 Å². The standard InChI is InChI=1S/C17H21N5O3/c18-16(24)13-3-1-12(2-4-13)9-21-5-6-22(11-15(23)10-21)17(25)14-7-19-20-8-14/h1-4,7-8,15,23H,5-6,9-11H2,(H2,18,24)(H,19,20)/t15-/m0/s1. The number of β-amino-alcohol motifs (C(OH)–C–C–N with tert-alkyl or cyclic N) is 1. The van der Waals surface area contributed by atoms with Crippen molar-refractivity contribution in [3.05, 3.63) is 53.3 Å². The molecule has 132 valence electrons. The van der Waals surface area contributed by atoms with Crippen LogP contribution in [0.4, 0.5) is 0 Å². The Hall–Kier alpha value is -2.71. The molecule has 25 heavy (non-hydrogen) atoms. The van der Waals surface area contributed by atoms with Gasteiger partial charge in [0, 0.05) is 44.5 Å². The molecule has 1 aromatic carbocycles. The SMILES string of the molecule is NC(=O)c1ccc(CN2CCN(C(=O)c3cn[nH]c3)C[C@@H](O)C2)cc1. The molecule has 1 atom stereocenters. The average molecular weight is 343 g/mol. The molecule has 0 bridgehead atoms. The van der Waals surface area contributed by atoms with Gasteiger partial charge in [-0.3, -0.25) is 19.6 Å². The van der Waals surface area contributed by atoms with Crippen molar-refractivity contribution in [1.82, 2.24) is 20.0 Å². The summed E-state index contributed by atoms with van der Waals surface area (Å²) in [5.74, 6) is -0.592. The third-order valence-corrected chi connectivity index (χ3v) is 4.26. The second-order valence-electron chi connectivity index (χ2n) is 6.19. The Morgan fingerprint density at radius 1 is 1.20 bits per heavy atom. The van der Waals surface area contributed by atoms with Crippen molar-refractivity contribution in [3.63, 3.8) is 0 Å². The van der Waals surface area contributed by atoms with Gasteiger partial charge in [-0.2, -0.15) is 5.10 Å². The Morgan fingerprint density at radius 2 is 1.96 bits per heavy atom. The lowest BCUT2D eigenvalue weighted by molar-refractivity contribution is 0.0663. The normalized spacial score (nSPS) is 18.8. The first kappa shape index (κ1) is 17.1. The second-order valence-corrected chi connectivity index (χ2v) is 6.19. The number of H-pyrrole nitrogens is 1. The third-order valence-electron chi connectivity index (χ3n) is 4.26. The zero-order chi connectivity index (χ0) is 17.8. The van der Waals surface area contributed by atoms with Crippen LogP contribution in [0.3, 0.4) is 0 Å². The Morgan fingerprint density at radius 3 is 2.60 bits per heavy atom. The Labute approximate surface area is 145 Å². The lowest BCUT2D eigenvalue weighted by Gasteiger charge is -2.21. The minimum Gasteiger partial charge on any atom is -0.390 e. The number of amides is 2. The summed E-state index contributed by atoms with van der Waals surface area (Å²) in [6.45, 7) is 2.58. The van der Waals surface area contributed by atoms with Gasteiger partial charge in [0.1, 0.15) is 0 Å². The minimum atomic E-state index is -0.622. The molecular weight excluding hydrogens is 322 g/mol. The number of aromatic nitrogens is 2. The number of benzene rings is 1. The number of aliphatic hydroxyl groups is 1. The molecule has 0 radical (unpaired) electrons. The van der Waals surface area contributed by atoms with Gasteiger partial charge in [0.05, 0.1) is 17.9 Å². The summed E-state index contributed by atoms with van der Waals surface area (Å²) < 4.78 is 0. The number of primary amides is 1. The number of aliphatic hydroxyl groups excluding tert-OH is 1. The van der Waals surface area contributed by atoms with Gasteiger partial charge in [0.15, 0.2) is 0 Å². The highest BCUT2D eigenvalue weighted by Crippen LogP contribution is 2.12. The van der Waals surface area contributed by atoms with Crippen molar-refractivity contribution < 1.29 is 14.7 Å². The lowest BCUT2D eigenvalue weighted by Crippen LogP contribution is -2.37. The van der Waals surface area contributed by atoms with Crippen LogP contribution in [0.1, 0.15) is 26.3 Å². The number of nitrogens with zero attached hydrogens (tertiary/aromatic N) is 3. The van der Waals surface area contributed by atoms with E-state index in [0.29, 0.717) is 43.9 Å². The van der Waals surface area contributed by atoms with Crippen molar-refractivity contribution in [2.45, 2.75) is 12.6 Å². The highest BCUT2D eigenvalue weighted by molar-refractivity contribution is 5.93. The maximum absolute atomic E-state index is 12.4. The van der Waals surface area contributed by atoms with Crippen LogP contribution in [0, 0.1) is 0 Å². The van der Waals surface area contributed by atoms with Crippen molar-refractivity contribution in [2.24, 2.45) is 5.73 Å². The molecule has 1 aromatic heterocycles. The van der Waals surface area contributed by atoms with Gasteiger partial charge in [0.25, 0.3) is 5.91 Å². The van der Waals surface area contributed by atoms with Crippen LogP contribution in [-0.2, 0) is 6.54 Å². The van der Waals surface area contributed by atoms with E-state index in [1.54, 1.807) is 23.2 Å². The van der Waals surface area contributed by atoms with E-state index in [9.17, 15) is 14.7 Å². The molecule has 2 aromatic rings. The molecule has 0 aliphatic carbocycles. The van der Waals surface area contributed by atoms with E-state index in [2.05, 4.69) is 15.1 Å².